The lowest BCUT2D eigenvalue weighted by Gasteiger charge is -2.22. The van der Waals surface area contributed by atoms with Gasteiger partial charge in [0.1, 0.15) is 5.84 Å². The quantitative estimate of drug-likeness (QED) is 0.332. The highest BCUT2D eigenvalue weighted by molar-refractivity contribution is 6.35. The summed E-state index contributed by atoms with van der Waals surface area (Å²) in [5.74, 6) is 1.60. The average molecular weight is 457 g/mol. The number of hydrogen-bond acceptors (Lipinski definition) is 3. The first-order chi connectivity index (χ1) is 17.0. The number of aryl methyl sites for hydroxylation is 3. The molecule has 0 saturated carbocycles. The first-order valence-electron chi connectivity index (χ1n) is 11.8. The molecule has 4 heteroatoms. The average Bonchev–Trinajstić information content (AvgIpc) is 3.20. The van der Waals surface area contributed by atoms with Crippen LogP contribution < -0.4 is 10.2 Å². The van der Waals surface area contributed by atoms with Gasteiger partial charge in [-0.1, -0.05) is 71.3 Å². The highest BCUT2D eigenvalue weighted by atomic mass is 15.3. The SMILES string of the molecule is Cc1ccc(N=C2C=C(Nc3ccc(C)cc3)C(=Nc3ccc(C)cc3)N2c2ccccc2)cc1. The van der Waals surface area contributed by atoms with Crippen LogP contribution in [0.25, 0.3) is 0 Å². The fraction of sp³-hybridized carbons (Fsp3) is 0.0968. The van der Waals surface area contributed by atoms with Crippen molar-refractivity contribution in [3.63, 3.8) is 0 Å². The van der Waals surface area contributed by atoms with E-state index in [1.54, 1.807) is 0 Å². The molecule has 4 aromatic rings. The number of benzene rings is 4. The molecule has 1 aliphatic rings. The number of para-hydroxylation sites is 1. The molecular formula is C31H28N4. The second-order valence-electron chi connectivity index (χ2n) is 8.80. The third-order valence-electron chi connectivity index (χ3n) is 5.85. The van der Waals surface area contributed by atoms with Crippen molar-refractivity contribution in [2.75, 3.05) is 10.2 Å². The zero-order valence-corrected chi connectivity index (χ0v) is 20.2. The molecule has 1 N–H and O–H groups in total. The van der Waals surface area contributed by atoms with Crippen LogP contribution in [0.1, 0.15) is 16.7 Å². The van der Waals surface area contributed by atoms with Crippen LogP contribution in [0.4, 0.5) is 22.7 Å². The maximum absolute atomic E-state index is 5.09. The van der Waals surface area contributed by atoms with Gasteiger partial charge in [-0.25, -0.2) is 9.98 Å². The minimum atomic E-state index is 0.798. The molecule has 4 nitrogen and oxygen atoms in total. The van der Waals surface area contributed by atoms with Crippen molar-refractivity contribution in [2.24, 2.45) is 9.98 Å². The Hall–Kier alpha value is -4.44. The first-order valence-corrected chi connectivity index (χ1v) is 11.8. The van der Waals surface area contributed by atoms with Crippen LogP contribution in [0, 0.1) is 20.8 Å². The standard InChI is InChI=1S/C31H28N4/c1-22-9-15-25(16-10-22)32-29-21-30(33-26-17-11-23(2)12-18-26)35(28-7-5-4-6-8-28)31(29)34-27-19-13-24(3)14-20-27/h4-21,32H,1-3H3. The highest BCUT2D eigenvalue weighted by Crippen LogP contribution is 2.29. The van der Waals surface area contributed by atoms with Crippen molar-refractivity contribution in [2.45, 2.75) is 20.8 Å². The van der Waals surface area contributed by atoms with Crippen LogP contribution in [0.2, 0.25) is 0 Å². The molecule has 0 spiro atoms. The van der Waals surface area contributed by atoms with Crippen molar-refractivity contribution in [1.29, 1.82) is 0 Å². The zero-order chi connectivity index (χ0) is 24.2. The van der Waals surface area contributed by atoms with E-state index >= 15 is 0 Å². The third kappa shape index (κ3) is 5.22. The van der Waals surface area contributed by atoms with Gasteiger partial charge >= 0.3 is 0 Å². The van der Waals surface area contributed by atoms with Gasteiger partial charge in [0.05, 0.1) is 17.1 Å². The number of nitrogens with one attached hydrogen (secondary N) is 1. The van der Waals surface area contributed by atoms with Gasteiger partial charge in [-0.2, -0.15) is 0 Å². The fourth-order valence-electron chi connectivity index (χ4n) is 3.89. The Morgan fingerprint density at radius 1 is 0.571 bits per heavy atom. The first kappa shape index (κ1) is 22.4. The van der Waals surface area contributed by atoms with Crippen molar-refractivity contribution in [1.82, 2.24) is 0 Å². The molecule has 1 aliphatic heterocycles. The topological polar surface area (TPSA) is 40.0 Å². The summed E-state index contributed by atoms with van der Waals surface area (Å²) >= 11 is 0. The Morgan fingerprint density at radius 3 is 1.66 bits per heavy atom. The predicted octanol–water partition coefficient (Wildman–Crippen LogP) is 7.89. The lowest BCUT2D eigenvalue weighted by atomic mass is 10.2. The summed E-state index contributed by atoms with van der Waals surface area (Å²) in [4.78, 5) is 12.2. The second-order valence-corrected chi connectivity index (χ2v) is 8.80. The van der Waals surface area contributed by atoms with Crippen LogP contribution in [0.15, 0.2) is 125 Å². The molecule has 1 heterocycles. The van der Waals surface area contributed by atoms with E-state index in [-0.39, 0.29) is 0 Å². The molecule has 5 rings (SSSR count). The van der Waals surface area contributed by atoms with E-state index in [2.05, 4.69) is 97.7 Å². The van der Waals surface area contributed by atoms with E-state index in [9.17, 15) is 0 Å². The number of hydrogen-bond donors (Lipinski definition) is 1. The van der Waals surface area contributed by atoms with E-state index in [1.165, 1.54) is 16.7 Å². The molecule has 172 valence electrons. The second kappa shape index (κ2) is 9.82. The lowest BCUT2D eigenvalue weighted by molar-refractivity contribution is 1.35. The molecule has 35 heavy (non-hydrogen) atoms. The normalized spacial score (nSPS) is 15.5. The lowest BCUT2D eigenvalue weighted by Crippen LogP contribution is -2.32. The third-order valence-corrected chi connectivity index (χ3v) is 5.85. The summed E-state index contributed by atoms with van der Waals surface area (Å²) in [6, 6.07) is 35.1. The van der Waals surface area contributed by atoms with E-state index in [1.807, 2.05) is 42.5 Å². The zero-order valence-electron chi connectivity index (χ0n) is 20.2. The molecule has 0 unspecified atom stereocenters. The number of nitrogens with zero attached hydrogens (tertiary/aromatic N) is 3. The van der Waals surface area contributed by atoms with Gasteiger partial charge in [-0.05, 0) is 69.3 Å². The summed E-state index contributed by atoms with van der Waals surface area (Å²) < 4.78 is 0. The predicted molar refractivity (Wildman–Crippen MR) is 148 cm³/mol. The van der Waals surface area contributed by atoms with Crippen molar-refractivity contribution in [3.8, 4) is 0 Å². The Kier molecular flexibility index (Phi) is 6.27. The van der Waals surface area contributed by atoms with Crippen LogP contribution in [0.5, 0.6) is 0 Å². The number of amidine groups is 2. The van der Waals surface area contributed by atoms with Gasteiger partial charge < -0.3 is 5.32 Å². The van der Waals surface area contributed by atoms with Gasteiger partial charge in [-0.3, -0.25) is 4.90 Å². The maximum atomic E-state index is 5.09. The molecule has 0 saturated heterocycles. The van der Waals surface area contributed by atoms with Crippen molar-refractivity contribution < 1.29 is 0 Å². The molecule has 0 aliphatic carbocycles. The Balaban J connectivity index is 1.65. The molecule has 0 atom stereocenters. The molecule has 0 amide bonds. The van der Waals surface area contributed by atoms with E-state index in [0.29, 0.717) is 0 Å². The minimum Gasteiger partial charge on any atom is -0.352 e. The molecule has 0 radical (unpaired) electrons. The number of aliphatic imine (C=N–C) groups is 2. The fourth-order valence-corrected chi connectivity index (χ4v) is 3.89. The van der Waals surface area contributed by atoms with Crippen LogP contribution in [-0.2, 0) is 0 Å². The van der Waals surface area contributed by atoms with Gasteiger partial charge in [0.15, 0.2) is 5.84 Å². The van der Waals surface area contributed by atoms with Gasteiger partial charge in [0, 0.05) is 17.5 Å². The number of anilines is 2. The summed E-state index contributed by atoms with van der Waals surface area (Å²) in [5.41, 5.74) is 8.31. The smallest absolute Gasteiger partial charge is 0.163 e. The van der Waals surface area contributed by atoms with Gasteiger partial charge in [0.25, 0.3) is 0 Å². The van der Waals surface area contributed by atoms with E-state index < -0.39 is 0 Å². The van der Waals surface area contributed by atoms with Crippen LogP contribution in [0.3, 0.4) is 0 Å². The monoisotopic (exact) mass is 456 g/mol. The molecule has 0 aromatic heterocycles. The van der Waals surface area contributed by atoms with Gasteiger partial charge in [-0.15, -0.1) is 0 Å². The van der Waals surface area contributed by atoms with E-state index in [4.69, 9.17) is 9.98 Å². The van der Waals surface area contributed by atoms with Gasteiger partial charge in [0.2, 0.25) is 0 Å². The largest absolute Gasteiger partial charge is 0.352 e. The van der Waals surface area contributed by atoms with Crippen molar-refractivity contribution in [3.05, 3.63) is 132 Å². The minimum absolute atomic E-state index is 0.798. The molecular weight excluding hydrogens is 428 g/mol. The summed E-state index contributed by atoms with van der Waals surface area (Å²) in [6.07, 6.45) is 2.07. The Morgan fingerprint density at radius 2 is 1.09 bits per heavy atom. The summed E-state index contributed by atoms with van der Waals surface area (Å²) in [5, 5.41) is 3.58. The molecule has 0 bridgehead atoms. The Bertz CT molecular complexity index is 1400. The molecule has 4 aromatic carbocycles. The Labute approximate surface area is 207 Å². The number of rotatable bonds is 5. The van der Waals surface area contributed by atoms with Crippen LogP contribution in [-0.4, -0.2) is 11.7 Å². The summed E-state index contributed by atoms with van der Waals surface area (Å²) in [6.45, 7) is 6.25. The van der Waals surface area contributed by atoms with E-state index in [0.717, 1.165) is 40.1 Å². The molecule has 0 fully saturated rings. The highest BCUT2D eigenvalue weighted by Gasteiger charge is 2.29. The summed E-state index contributed by atoms with van der Waals surface area (Å²) in [7, 11) is 0. The van der Waals surface area contributed by atoms with Crippen molar-refractivity contribution >= 4 is 34.4 Å². The van der Waals surface area contributed by atoms with Crippen LogP contribution >= 0.6 is 0 Å². The maximum Gasteiger partial charge on any atom is 0.163 e.